The van der Waals surface area contributed by atoms with Gasteiger partial charge in [0, 0.05) is 12.1 Å². The zero-order chi connectivity index (χ0) is 23.6. The Balaban J connectivity index is 4.31. The lowest BCUT2D eigenvalue weighted by atomic mass is 9.88. The summed E-state index contributed by atoms with van der Waals surface area (Å²) in [6.07, 6.45) is 1.47. The van der Waals surface area contributed by atoms with Crippen molar-refractivity contribution < 1.29 is 37.0 Å². The smallest absolute Gasteiger partial charge is 0.315 e. The number of rotatable bonds is 15. The second-order valence-electron chi connectivity index (χ2n) is 9.70. The molecule has 182 valence electrons. The molecule has 30 heavy (non-hydrogen) atoms. The first kappa shape index (κ1) is 30.1. The van der Waals surface area contributed by atoms with Crippen LogP contribution in [0.4, 0.5) is 0 Å². The molecule has 0 aliphatic heterocycles. The molecule has 0 bridgehead atoms. The van der Waals surface area contributed by atoms with Crippen LogP contribution in [0.1, 0.15) is 54.4 Å². The van der Waals surface area contributed by atoms with Gasteiger partial charge in [-0.15, -0.1) is 0 Å². The van der Waals surface area contributed by atoms with Gasteiger partial charge in [-0.1, -0.05) is 41.5 Å². The van der Waals surface area contributed by atoms with Gasteiger partial charge in [0.2, 0.25) is 0 Å². The predicted molar refractivity (Wildman–Crippen MR) is 117 cm³/mol. The van der Waals surface area contributed by atoms with Crippen molar-refractivity contribution in [3.8, 4) is 0 Å². The summed E-state index contributed by atoms with van der Waals surface area (Å²) in [6, 6.07) is -0.241. The third-order valence-electron chi connectivity index (χ3n) is 4.00. The Morgan fingerprint density at radius 3 is 1.23 bits per heavy atom. The number of likely N-dealkylation sites (N-methyl/N-ethyl adjacent to an activating group) is 2. The molecule has 0 aromatic rings. The summed E-state index contributed by atoms with van der Waals surface area (Å²) >= 11 is 0. The van der Waals surface area contributed by atoms with E-state index < -0.39 is 28.9 Å². The van der Waals surface area contributed by atoms with Crippen LogP contribution in [0.2, 0.25) is 0 Å². The summed E-state index contributed by atoms with van der Waals surface area (Å²) in [7, 11) is -5.13. The molecule has 12 heteroatoms. The van der Waals surface area contributed by atoms with Gasteiger partial charge in [-0.3, -0.25) is 18.1 Å². The molecule has 4 N–H and O–H groups in total. The van der Waals surface area contributed by atoms with Gasteiger partial charge in [0.15, 0.2) is 0 Å². The highest BCUT2D eigenvalue weighted by molar-refractivity contribution is 7.47. The zero-order valence-corrected chi connectivity index (χ0v) is 21.4. The van der Waals surface area contributed by atoms with E-state index in [0.29, 0.717) is 0 Å². The van der Waals surface area contributed by atoms with Crippen LogP contribution < -0.4 is 10.6 Å². The summed E-state index contributed by atoms with van der Waals surface area (Å²) < 4.78 is 43.5. The maximum atomic E-state index is 12.0. The Hall–Kier alpha value is 0.140. The van der Waals surface area contributed by atoms with Crippen LogP contribution in [0, 0.1) is 10.8 Å². The summed E-state index contributed by atoms with van der Waals surface area (Å²) in [6.45, 7) is 11.5. The summed E-state index contributed by atoms with van der Waals surface area (Å²) in [5.41, 5.74) is 0.0410. The van der Waals surface area contributed by atoms with Gasteiger partial charge in [-0.2, -0.15) is 0 Å². The van der Waals surface area contributed by atoms with Crippen molar-refractivity contribution in [3.05, 3.63) is 0 Å². The van der Waals surface area contributed by atoms with Crippen LogP contribution in [0.3, 0.4) is 0 Å². The highest BCUT2D eigenvalue weighted by Gasteiger charge is 2.28. The van der Waals surface area contributed by atoms with Gasteiger partial charge in [-0.25, -0.2) is 9.13 Å². The molecule has 0 aromatic heterocycles. The molecule has 10 nitrogen and oxygen atoms in total. The van der Waals surface area contributed by atoms with E-state index in [2.05, 4.69) is 52.2 Å². The van der Waals surface area contributed by atoms with Crippen LogP contribution in [0.25, 0.3) is 0 Å². The fourth-order valence-electron chi connectivity index (χ4n) is 2.72. The van der Waals surface area contributed by atoms with Crippen molar-refractivity contribution in [1.29, 1.82) is 0 Å². The first-order chi connectivity index (χ1) is 13.5. The second kappa shape index (κ2) is 13.0. The summed E-state index contributed by atoms with van der Waals surface area (Å²) in [5, 5.41) is 6.06. The van der Waals surface area contributed by atoms with Crippen LogP contribution >= 0.6 is 15.6 Å². The van der Waals surface area contributed by atoms with E-state index in [1.807, 2.05) is 0 Å². The van der Waals surface area contributed by atoms with Gasteiger partial charge in [0.1, 0.15) is 0 Å². The molecule has 0 aliphatic carbocycles. The summed E-state index contributed by atoms with van der Waals surface area (Å²) in [4.78, 5) is 19.5. The summed E-state index contributed by atoms with van der Waals surface area (Å²) in [5.74, 6) is 0. The fourth-order valence-corrected chi connectivity index (χ4v) is 4.21. The molecule has 4 unspecified atom stereocenters. The normalized spacial score (nSPS) is 19.1. The first-order valence-corrected chi connectivity index (χ1v) is 13.1. The Morgan fingerprint density at radius 1 is 0.700 bits per heavy atom. The molecule has 0 amide bonds. The highest BCUT2D eigenvalue weighted by Crippen LogP contribution is 2.46. The van der Waals surface area contributed by atoms with E-state index >= 15 is 0 Å². The molecule has 0 saturated heterocycles. The Bertz CT molecular complexity index is 528. The largest absolute Gasteiger partial charge is 0.472 e. The number of phosphoric ester groups is 2. The maximum absolute atomic E-state index is 12.0. The molecule has 0 fully saturated rings. The molecule has 0 saturated carbocycles. The second-order valence-corrected chi connectivity index (χ2v) is 12.6. The lowest BCUT2D eigenvalue weighted by Crippen LogP contribution is -2.34. The third kappa shape index (κ3) is 16.8. The average Bonchev–Trinajstić information content (AvgIpc) is 2.57. The SMILES string of the molecule is CNC(COP(=O)(O)OCCOP(=O)(O)OCC(CC(C)(C)C)NC)CC(C)(C)C. The monoisotopic (exact) mass is 476 g/mol. The van der Waals surface area contributed by atoms with Crippen molar-refractivity contribution in [2.24, 2.45) is 10.8 Å². The van der Waals surface area contributed by atoms with E-state index in [1.165, 1.54) is 0 Å². The average molecular weight is 476 g/mol. The Kier molecular flexibility index (Phi) is 13.1. The zero-order valence-electron chi connectivity index (χ0n) is 19.6. The number of nitrogens with one attached hydrogen (secondary N) is 2. The fraction of sp³-hybridized carbons (Fsp3) is 1.00. The molecule has 0 aromatic carbocycles. The van der Waals surface area contributed by atoms with E-state index in [0.717, 1.165) is 12.8 Å². The minimum atomic E-state index is -4.31. The van der Waals surface area contributed by atoms with Crippen LogP contribution in [-0.4, -0.2) is 62.4 Å². The van der Waals surface area contributed by atoms with Crippen molar-refractivity contribution in [3.63, 3.8) is 0 Å². The minimum Gasteiger partial charge on any atom is -0.315 e. The van der Waals surface area contributed by atoms with Crippen molar-refractivity contribution in [2.75, 3.05) is 40.5 Å². The third-order valence-corrected chi connectivity index (χ3v) is 5.97. The van der Waals surface area contributed by atoms with E-state index in [1.54, 1.807) is 14.1 Å². The first-order valence-electron chi connectivity index (χ1n) is 10.1. The maximum Gasteiger partial charge on any atom is 0.472 e. The quantitative estimate of drug-likeness (QED) is 0.206. The molecule has 0 rings (SSSR count). The highest BCUT2D eigenvalue weighted by atomic mass is 31.2. The van der Waals surface area contributed by atoms with Crippen LogP contribution in [-0.2, 0) is 27.2 Å². The Morgan fingerprint density at radius 2 is 1.00 bits per heavy atom. The van der Waals surface area contributed by atoms with Crippen molar-refractivity contribution in [2.45, 2.75) is 66.5 Å². The minimum absolute atomic E-state index is 0.0107. The van der Waals surface area contributed by atoms with Gasteiger partial charge in [-0.05, 0) is 37.8 Å². The van der Waals surface area contributed by atoms with Gasteiger partial charge in [0.25, 0.3) is 0 Å². The van der Waals surface area contributed by atoms with Gasteiger partial charge in [0.05, 0.1) is 26.4 Å². The van der Waals surface area contributed by atoms with Crippen molar-refractivity contribution in [1.82, 2.24) is 10.6 Å². The van der Waals surface area contributed by atoms with Crippen molar-refractivity contribution >= 4 is 15.6 Å². The van der Waals surface area contributed by atoms with Crippen LogP contribution in [0.5, 0.6) is 0 Å². The molecular weight excluding hydrogens is 434 g/mol. The molecule has 0 aliphatic rings. The molecule has 0 heterocycles. The predicted octanol–water partition coefficient (Wildman–Crippen LogP) is 3.30. The van der Waals surface area contributed by atoms with Crippen LogP contribution in [0.15, 0.2) is 0 Å². The van der Waals surface area contributed by atoms with E-state index in [-0.39, 0.29) is 36.1 Å². The lowest BCUT2D eigenvalue weighted by molar-refractivity contribution is 0.0911. The molecule has 0 radical (unpaired) electrons. The van der Waals surface area contributed by atoms with Gasteiger partial charge < -0.3 is 20.4 Å². The Labute approximate surface area is 181 Å². The molecule has 0 spiro atoms. The molecule has 4 atom stereocenters. The number of phosphoric acid groups is 2. The van der Waals surface area contributed by atoms with E-state index in [4.69, 9.17) is 18.1 Å². The van der Waals surface area contributed by atoms with E-state index in [9.17, 15) is 18.9 Å². The standard InChI is InChI=1S/C18H42N2O8P2/c1-17(2,3)11-15(19-7)13-27-29(21,22)25-9-10-26-30(23,24)28-14-16(20-8)12-18(4,5)6/h15-16,19-20H,9-14H2,1-8H3,(H,21,22)(H,23,24). The van der Waals surface area contributed by atoms with Gasteiger partial charge >= 0.3 is 15.6 Å². The molecular formula is C18H42N2O8P2. The number of hydrogen-bond donors (Lipinski definition) is 4. The lowest BCUT2D eigenvalue weighted by Gasteiger charge is -2.26. The topological polar surface area (TPSA) is 136 Å². The number of hydrogen-bond acceptors (Lipinski definition) is 8.